The Balaban J connectivity index is 2.40. The van der Waals surface area contributed by atoms with E-state index >= 15 is 0 Å². The summed E-state index contributed by atoms with van der Waals surface area (Å²) in [7, 11) is 0. The monoisotopic (exact) mass is 251 g/mol. The summed E-state index contributed by atoms with van der Waals surface area (Å²) in [6, 6.07) is 6.91. The molecular formula is C13H14ClNO2. The maximum Gasteiger partial charge on any atom is 0.132 e. The number of carbonyl (C=O) groups is 1. The topological polar surface area (TPSA) is 50.1 Å². The number of rotatable bonds is 6. The fourth-order valence-corrected chi connectivity index (χ4v) is 1.53. The molecule has 0 saturated carbocycles. The summed E-state index contributed by atoms with van der Waals surface area (Å²) in [5.74, 6) is 0.865. The van der Waals surface area contributed by atoms with Gasteiger partial charge >= 0.3 is 0 Å². The Morgan fingerprint density at radius 3 is 2.88 bits per heavy atom. The molecule has 0 radical (unpaired) electrons. The number of hydrogen-bond acceptors (Lipinski definition) is 3. The molecule has 0 fully saturated rings. The largest absolute Gasteiger partial charge is 0.494 e. The third kappa shape index (κ3) is 4.46. The van der Waals surface area contributed by atoms with Crippen LogP contribution in [0.1, 0.15) is 31.7 Å². The Hall–Kier alpha value is -1.53. The summed E-state index contributed by atoms with van der Waals surface area (Å²) >= 11 is 5.86. The molecule has 0 unspecified atom stereocenters. The van der Waals surface area contributed by atoms with Crippen LogP contribution in [0.3, 0.4) is 0 Å². The first-order valence-corrected chi connectivity index (χ1v) is 5.89. The molecule has 3 nitrogen and oxygen atoms in total. The Bertz CT molecular complexity index is 438. The minimum Gasteiger partial charge on any atom is -0.494 e. The van der Waals surface area contributed by atoms with Crippen LogP contribution in [0.2, 0.25) is 5.02 Å². The summed E-state index contributed by atoms with van der Waals surface area (Å²) in [6.07, 6.45) is 1.81. The van der Waals surface area contributed by atoms with Crippen molar-refractivity contribution in [2.24, 2.45) is 0 Å². The van der Waals surface area contributed by atoms with Crippen molar-refractivity contribution < 1.29 is 9.53 Å². The third-order valence-electron chi connectivity index (χ3n) is 2.32. The molecule has 0 amide bonds. The molecule has 0 heterocycles. The highest BCUT2D eigenvalue weighted by Gasteiger charge is 2.02. The van der Waals surface area contributed by atoms with Gasteiger partial charge in [0.1, 0.15) is 17.6 Å². The van der Waals surface area contributed by atoms with Crippen molar-refractivity contribution in [3.05, 3.63) is 28.8 Å². The van der Waals surface area contributed by atoms with Gasteiger partial charge in [-0.15, -0.1) is 0 Å². The molecule has 1 aromatic rings. The Kier molecular flexibility index (Phi) is 5.51. The molecule has 0 saturated heterocycles. The first-order valence-electron chi connectivity index (χ1n) is 5.51. The number of hydrogen-bond donors (Lipinski definition) is 0. The molecule has 90 valence electrons. The number of Topliss-reactive ketones (excluding diaryl/α,β-unsaturated/α-hetero) is 1. The van der Waals surface area contributed by atoms with Gasteiger partial charge in [-0.1, -0.05) is 18.5 Å². The van der Waals surface area contributed by atoms with Gasteiger partial charge in [0.25, 0.3) is 0 Å². The third-order valence-corrected chi connectivity index (χ3v) is 2.64. The van der Waals surface area contributed by atoms with Gasteiger partial charge in [0, 0.05) is 18.9 Å². The van der Waals surface area contributed by atoms with E-state index in [0.717, 1.165) is 0 Å². The number of benzene rings is 1. The normalized spacial score (nSPS) is 9.71. The predicted octanol–water partition coefficient (Wildman–Crippen LogP) is 3.35. The fourth-order valence-electron chi connectivity index (χ4n) is 1.31. The van der Waals surface area contributed by atoms with Crippen molar-refractivity contribution in [2.45, 2.75) is 26.2 Å². The molecule has 0 aromatic heterocycles. The summed E-state index contributed by atoms with van der Waals surface area (Å²) in [4.78, 5) is 11.0. The maximum absolute atomic E-state index is 11.0. The van der Waals surface area contributed by atoms with Gasteiger partial charge in [-0.2, -0.15) is 5.26 Å². The van der Waals surface area contributed by atoms with Crippen LogP contribution in [0, 0.1) is 11.3 Å². The van der Waals surface area contributed by atoms with E-state index < -0.39 is 0 Å². The maximum atomic E-state index is 11.0. The van der Waals surface area contributed by atoms with E-state index in [2.05, 4.69) is 0 Å². The molecule has 0 aliphatic carbocycles. The van der Waals surface area contributed by atoms with E-state index in [-0.39, 0.29) is 5.78 Å². The Morgan fingerprint density at radius 1 is 1.53 bits per heavy atom. The van der Waals surface area contributed by atoms with Crippen LogP contribution in [0.4, 0.5) is 0 Å². The molecule has 0 bridgehead atoms. The van der Waals surface area contributed by atoms with Crippen molar-refractivity contribution in [3.8, 4) is 11.8 Å². The lowest BCUT2D eigenvalue weighted by Crippen LogP contribution is -2.02. The number of ether oxygens (including phenoxy) is 1. The number of nitriles is 1. The van der Waals surface area contributed by atoms with Gasteiger partial charge < -0.3 is 4.74 Å². The first-order chi connectivity index (χ1) is 8.17. The van der Waals surface area contributed by atoms with E-state index in [9.17, 15) is 4.79 Å². The lowest BCUT2D eigenvalue weighted by atomic mass is 10.2. The van der Waals surface area contributed by atoms with Gasteiger partial charge in [-0.05, 0) is 18.6 Å². The van der Waals surface area contributed by atoms with E-state index in [1.807, 2.05) is 13.0 Å². The zero-order valence-corrected chi connectivity index (χ0v) is 10.5. The zero-order valence-electron chi connectivity index (χ0n) is 9.70. The van der Waals surface area contributed by atoms with Crippen molar-refractivity contribution >= 4 is 17.4 Å². The van der Waals surface area contributed by atoms with Crippen LogP contribution >= 0.6 is 11.6 Å². The molecule has 4 heteroatoms. The Morgan fingerprint density at radius 2 is 2.29 bits per heavy atom. The summed E-state index contributed by atoms with van der Waals surface area (Å²) in [5.41, 5.74) is 0.431. The van der Waals surface area contributed by atoms with Gasteiger partial charge in [-0.3, -0.25) is 4.79 Å². The second kappa shape index (κ2) is 6.93. The van der Waals surface area contributed by atoms with Crippen molar-refractivity contribution in [1.29, 1.82) is 5.26 Å². The zero-order chi connectivity index (χ0) is 12.7. The van der Waals surface area contributed by atoms with Crippen LogP contribution in [0.25, 0.3) is 0 Å². The summed E-state index contributed by atoms with van der Waals surface area (Å²) in [6.45, 7) is 2.33. The number of carbonyl (C=O) groups excluding carboxylic acids is 1. The number of nitrogens with zero attached hydrogens (tertiary/aromatic N) is 1. The average Bonchev–Trinajstić information content (AvgIpc) is 2.34. The summed E-state index contributed by atoms with van der Waals surface area (Å²) in [5, 5.41) is 9.08. The molecule has 0 aliphatic heterocycles. The van der Waals surface area contributed by atoms with Crippen LogP contribution in [-0.2, 0) is 4.79 Å². The van der Waals surface area contributed by atoms with Crippen LogP contribution in [0.5, 0.6) is 5.75 Å². The van der Waals surface area contributed by atoms with Crippen LogP contribution < -0.4 is 4.74 Å². The van der Waals surface area contributed by atoms with E-state index in [1.165, 1.54) is 0 Å². The molecule has 0 atom stereocenters. The molecule has 1 aromatic carbocycles. The summed E-state index contributed by atoms with van der Waals surface area (Å²) < 4.78 is 5.44. The van der Waals surface area contributed by atoms with Crippen molar-refractivity contribution in [1.82, 2.24) is 0 Å². The quantitative estimate of drug-likeness (QED) is 0.729. The second-order valence-corrected chi connectivity index (χ2v) is 4.00. The highest BCUT2D eigenvalue weighted by molar-refractivity contribution is 6.31. The van der Waals surface area contributed by atoms with Crippen molar-refractivity contribution in [3.63, 3.8) is 0 Å². The van der Waals surface area contributed by atoms with E-state index in [0.29, 0.717) is 42.2 Å². The Labute approximate surface area is 106 Å². The highest BCUT2D eigenvalue weighted by atomic mass is 35.5. The smallest absolute Gasteiger partial charge is 0.132 e. The molecular weight excluding hydrogens is 238 g/mol. The van der Waals surface area contributed by atoms with E-state index in [1.54, 1.807) is 18.2 Å². The number of ketones is 1. The average molecular weight is 252 g/mol. The molecule has 0 N–H and O–H groups in total. The highest BCUT2D eigenvalue weighted by Crippen LogP contribution is 2.21. The second-order valence-electron chi connectivity index (χ2n) is 3.60. The lowest BCUT2D eigenvalue weighted by Gasteiger charge is -2.06. The van der Waals surface area contributed by atoms with E-state index in [4.69, 9.17) is 21.6 Å². The van der Waals surface area contributed by atoms with Gasteiger partial charge in [0.15, 0.2) is 0 Å². The van der Waals surface area contributed by atoms with Crippen molar-refractivity contribution in [2.75, 3.05) is 6.61 Å². The van der Waals surface area contributed by atoms with Gasteiger partial charge in [0.05, 0.1) is 17.2 Å². The SMILES string of the molecule is CCC(=O)CCCOc1ccc(C#N)c(Cl)c1. The number of halogens is 1. The lowest BCUT2D eigenvalue weighted by molar-refractivity contribution is -0.118. The molecule has 1 rings (SSSR count). The standard InChI is InChI=1S/C13H14ClNO2/c1-2-11(16)4-3-7-17-12-6-5-10(9-15)13(14)8-12/h5-6,8H,2-4,7H2,1H3. The van der Waals surface area contributed by atoms with Gasteiger partial charge in [0.2, 0.25) is 0 Å². The fraction of sp³-hybridized carbons (Fsp3) is 0.385. The molecule has 0 aliphatic rings. The molecule has 17 heavy (non-hydrogen) atoms. The minimum absolute atomic E-state index is 0.242. The van der Waals surface area contributed by atoms with Crippen LogP contribution in [-0.4, -0.2) is 12.4 Å². The van der Waals surface area contributed by atoms with Crippen LogP contribution in [0.15, 0.2) is 18.2 Å². The first kappa shape index (κ1) is 13.5. The minimum atomic E-state index is 0.242. The molecule has 0 spiro atoms. The predicted molar refractivity (Wildman–Crippen MR) is 66.2 cm³/mol. The van der Waals surface area contributed by atoms with Gasteiger partial charge in [-0.25, -0.2) is 0 Å².